The predicted octanol–water partition coefficient (Wildman–Crippen LogP) is 0.183. The van der Waals surface area contributed by atoms with Gasteiger partial charge in [0.05, 0.1) is 23.1 Å². The molecule has 0 radical (unpaired) electrons. The predicted molar refractivity (Wildman–Crippen MR) is 97.9 cm³/mol. The van der Waals surface area contributed by atoms with Gasteiger partial charge in [0.25, 0.3) is 0 Å². The molecule has 8 nitrogen and oxygen atoms in total. The Labute approximate surface area is 150 Å². The largest absolute Gasteiger partial charge is 0.354 e. The number of para-hydroxylation sites is 2. The summed E-state index contributed by atoms with van der Waals surface area (Å²) >= 11 is 0. The van der Waals surface area contributed by atoms with Crippen molar-refractivity contribution in [2.24, 2.45) is 13.0 Å². The van der Waals surface area contributed by atoms with Gasteiger partial charge in [-0.05, 0) is 17.7 Å². The topological polar surface area (TPSA) is 96.7 Å². The summed E-state index contributed by atoms with van der Waals surface area (Å²) in [6.45, 7) is 2.27. The smallest absolute Gasteiger partial charge is 0.326 e. The fraction of sp³-hybridized carbons (Fsp3) is 0.389. The molecule has 1 saturated heterocycles. The first-order chi connectivity index (χ1) is 12.6. The summed E-state index contributed by atoms with van der Waals surface area (Å²) in [7, 11) is 1.87. The molecule has 1 amide bonds. The zero-order valence-electron chi connectivity index (χ0n) is 14.6. The molecule has 3 heterocycles. The molecular formula is C18H22N6O2. The van der Waals surface area contributed by atoms with Gasteiger partial charge in [0.15, 0.2) is 0 Å². The molecule has 1 fully saturated rings. The minimum Gasteiger partial charge on any atom is -0.354 e. The van der Waals surface area contributed by atoms with Gasteiger partial charge in [0.2, 0.25) is 5.91 Å². The van der Waals surface area contributed by atoms with Crippen LogP contribution in [0.15, 0.2) is 41.5 Å². The molecule has 136 valence electrons. The van der Waals surface area contributed by atoms with Crippen molar-refractivity contribution in [1.29, 1.82) is 0 Å². The molecule has 1 aliphatic rings. The van der Waals surface area contributed by atoms with E-state index in [1.807, 2.05) is 43.7 Å². The Morgan fingerprint density at radius 1 is 1.35 bits per heavy atom. The average Bonchev–Trinajstić information content (AvgIpc) is 3.33. The van der Waals surface area contributed by atoms with Crippen molar-refractivity contribution in [2.45, 2.75) is 12.5 Å². The molecule has 0 spiro atoms. The SMILES string of the molecule is Cn1cc([C@H]2CNC[C@@H]2C(=O)NCCn2c(=O)[nH]c3ccccc32)cn1. The Morgan fingerprint density at radius 2 is 2.19 bits per heavy atom. The highest BCUT2D eigenvalue weighted by Crippen LogP contribution is 2.27. The number of amides is 1. The number of fused-ring (bicyclic) bond motifs is 1. The van der Waals surface area contributed by atoms with Crippen LogP contribution in [0.4, 0.5) is 0 Å². The van der Waals surface area contributed by atoms with E-state index in [1.54, 1.807) is 9.25 Å². The lowest BCUT2D eigenvalue weighted by molar-refractivity contribution is -0.124. The van der Waals surface area contributed by atoms with Crippen LogP contribution in [-0.4, -0.2) is 44.9 Å². The summed E-state index contributed by atoms with van der Waals surface area (Å²) in [5, 5.41) is 10.5. The molecule has 3 aromatic rings. The average molecular weight is 354 g/mol. The van der Waals surface area contributed by atoms with E-state index in [0.29, 0.717) is 19.6 Å². The lowest BCUT2D eigenvalue weighted by atomic mass is 9.90. The number of aromatic amines is 1. The summed E-state index contributed by atoms with van der Waals surface area (Å²) in [6.07, 6.45) is 3.78. The third kappa shape index (κ3) is 3.03. The van der Waals surface area contributed by atoms with E-state index in [4.69, 9.17) is 0 Å². The first-order valence-electron chi connectivity index (χ1n) is 8.78. The molecule has 0 saturated carbocycles. The van der Waals surface area contributed by atoms with Gasteiger partial charge in [-0.15, -0.1) is 0 Å². The van der Waals surface area contributed by atoms with E-state index in [9.17, 15) is 9.59 Å². The Kier molecular flexibility index (Phi) is 4.34. The molecule has 2 atom stereocenters. The maximum absolute atomic E-state index is 12.6. The van der Waals surface area contributed by atoms with E-state index in [2.05, 4.69) is 20.7 Å². The molecule has 0 aliphatic carbocycles. The second-order valence-corrected chi connectivity index (χ2v) is 6.71. The van der Waals surface area contributed by atoms with Gasteiger partial charge < -0.3 is 15.6 Å². The van der Waals surface area contributed by atoms with Gasteiger partial charge >= 0.3 is 5.69 Å². The normalized spacial score (nSPS) is 19.9. The summed E-state index contributed by atoms with van der Waals surface area (Å²) in [5.41, 5.74) is 2.57. The van der Waals surface area contributed by atoms with Crippen LogP contribution in [0.25, 0.3) is 11.0 Å². The van der Waals surface area contributed by atoms with E-state index in [1.165, 1.54) is 0 Å². The first-order valence-corrected chi connectivity index (χ1v) is 8.78. The Morgan fingerprint density at radius 3 is 3.00 bits per heavy atom. The third-order valence-corrected chi connectivity index (χ3v) is 5.02. The summed E-state index contributed by atoms with van der Waals surface area (Å²) in [4.78, 5) is 27.6. The quantitative estimate of drug-likeness (QED) is 0.609. The van der Waals surface area contributed by atoms with Gasteiger partial charge in [-0.25, -0.2) is 4.79 Å². The van der Waals surface area contributed by atoms with E-state index in [0.717, 1.165) is 23.1 Å². The van der Waals surface area contributed by atoms with Crippen LogP contribution in [0.2, 0.25) is 0 Å². The maximum atomic E-state index is 12.6. The van der Waals surface area contributed by atoms with E-state index in [-0.39, 0.29) is 23.4 Å². The van der Waals surface area contributed by atoms with Crippen molar-refractivity contribution in [2.75, 3.05) is 19.6 Å². The van der Waals surface area contributed by atoms with Gasteiger partial charge in [0.1, 0.15) is 0 Å². The third-order valence-electron chi connectivity index (χ3n) is 5.02. The van der Waals surface area contributed by atoms with Crippen LogP contribution in [-0.2, 0) is 18.4 Å². The Balaban J connectivity index is 1.40. The lowest BCUT2D eigenvalue weighted by Crippen LogP contribution is -2.37. The Hall–Kier alpha value is -2.87. The van der Waals surface area contributed by atoms with Crippen LogP contribution in [0, 0.1) is 5.92 Å². The Bertz CT molecular complexity index is 985. The molecule has 2 aromatic heterocycles. The molecule has 4 rings (SSSR count). The second-order valence-electron chi connectivity index (χ2n) is 6.71. The lowest BCUT2D eigenvalue weighted by Gasteiger charge is -2.17. The van der Waals surface area contributed by atoms with Gasteiger partial charge in [-0.3, -0.25) is 14.0 Å². The number of carbonyl (C=O) groups excluding carboxylic acids is 1. The van der Waals surface area contributed by atoms with Crippen molar-refractivity contribution >= 4 is 16.9 Å². The van der Waals surface area contributed by atoms with Crippen molar-refractivity contribution in [3.8, 4) is 0 Å². The van der Waals surface area contributed by atoms with Gasteiger partial charge in [-0.1, -0.05) is 12.1 Å². The van der Waals surface area contributed by atoms with Crippen LogP contribution < -0.4 is 16.3 Å². The second kappa shape index (κ2) is 6.80. The molecule has 0 unspecified atom stereocenters. The fourth-order valence-electron chi connectivity index (χ4n) is 3.69. The summed E-state index contributed by atoms with van der Waals surface area (Å²) < 4.78 is 3.41. The monoisotopic (exact) mass is 354 g/mol. The van der Waals surface area contributed by atoms with Crippen molar-refractivity contribution in [1.82, 2.24) is 30.0 Å². The number of hydrogen-bond donors (Lipinski definition) is 3. The minimum absolute atomic E-state index is 0.0109. The molecule has 0 bridgehead atoms. The fourth-order valence-corrected chi connectivity index (χ4v) is 3.69. The standard InChI is InChI=1S/C18H22N6O2/c1-23-11-12(8-21-23)13-9-19-10-14(13)17(25)20-6-7-24-16-5-3-2-4-15(16)22-18(24)26/h2-5,8,11,13-14,19H,6-7,9-10H2,1H3,(H,20,25)(H,22,26)/t13-,14+/m1/s1. The first kappa shape index (κ1) is 16.6. The molecular weight excluding hydrogens is 332 g/mol. The maximum Gasteiger partial charge on any atom is 0.326 e. The highest BCUT2D eigenvalue weighted by molar-refractivity contribution is 5.80. The molecule has 1 aliphatic heterocycles. The number of H-pyrrole nitrogens is 1. The van der Waals surface area contributed by atoms with Crippen LogP contribution >= 0.6 is 0 Å². The highest BCUT2D eigenvalue weighted by atomic mass is 16.2. The number of nitrogens with zero attached hydrogens (tertiary/aromatic N) is 3. The van der Waals surface area contributed by atoms with Crippen molar-refractivity contribution < 1.29 is 4.79 Å². The summed E-state index contributed by atoms with van der Waals surface area (Å²) in [6, 6.07) is 7.55. The number of aryl methyl sites for hydroxylation is 1. The zero-order valence-corrected chi connectivity index (χ0v) is 14.6. The summed E-state index contributed by atoms with van der Waals surface area (Å²) in [5.74, 6) is 0.00939. The number of hydrogen-bond acceptors (Lipinski definition) is 4. The minimum atomic E-state index is -0.156. The van der Waals surface area contributed by atoms with Crippen molar-refractivity contribution in [3.05, 3.63) is 52.7 Å². The van der Waals surface area contributed by atoms with E-state index >= 15 is 0 Å². The van der Waals surface area contributed by atoms with Crippen LogP contribution in [0.5, 0.6) is 0 Å². The van der Waals surface area contributed by atoms with E-state index < -0.39 is 0 Å². The number of aromatic nitrogens is 4. The number of imidazole rings is 1. The zero-order chi connectivity index (χ0) is 18.1. The molecule has 3 N–H and O–H groups in total. The molecule has 1 aromatic carbocycles. The van der Waals surface area contributed by atoms with Crippen LogP contribution in [0.1, 0.15) is 11.5 Å². The van der Waals surface area contributed by atoms with Gasteiger partial charge in [0, 0.05) is 45.3 Å². The molecule has 8 heteroatoms. The number of rotatable bonds is 5. The highest BCUT2D eigenvalue weighted by Gasteiger charge is 2.34. The molecule has 26 heavy (non-hydrogen) atoms. The number of carbonyl (C=O) groups is 1. The van der Waals surface area contributed by atoms with Gasteiger partial charge in [-0.2, -0.15) is 5.10 Å². The van der Waals surface area contributed by atoms with Crippen LogP contribution in [0.3, 0.4) is 0 Å². The number of benzene rings is 1. The number of nitrogens with one attached hydrogen (secondary N) is 3. The van der Waals surface area contributed by atoms with Crippen molar-refractivity contribution in [3.63, 3.8) is 0 Å².